The van der Waals surface area contributed by atoms with Gasteiger partial charge in [-0.15, -0.1) is 11.6 Å². The molecule has 0 aromatic carbocycles. The van der Waals surface area contributed by atoms with Crippen molar-refractivity contribution in [1.29, 1.82) is 0 Å². The Morgan fingerprint density at radius 2 is 2.37 bits per heavy atom. The lowest BCUT2D eigenvalue weighted by Crippen LogP contribution is -2.47. The summed E-state index contributed by atoms with van der Waals surface area (Å²) in [7, 11) is 0. The van der Waals surface area contributed by atoms with Gasteiger partial charge in [-0.2, -0.15) is 4.98 Å². The number of halogens is 2. The first-order valence-electron chi connectivity index (χ1n) is 5.46. The van der Waals surface area contributed by atoms with Gasteiger partial charge in [-0.25, -0.2) is 9.18 Å². The van der Waals surface area contributed by atoms with E-state index in [0.717, 1.165) is 4.57 Å². The molecule has 2 heterocycles. The SMILES string of the molecule is Nc1ccn([C@@H]2O[C@@](CO)(CCl)C(O)[C@H]2F)c(=O)n1. The molecule has 4 atom stereocenters. The first-order chi connectivity index (χ1) is 8.95. The van der Waals surface area contributed by atoms with Crippen molar-refractivity contribution in [1.82, 2.24) is 9.55 Å². The second-order valence-corrected chi connectivity index (χ2v) is 4.56. The number of hydrogen-bond donors (Lipinski definition) is 3. The van der Waals surface area contributed by atoms with Crippen LogP contribution in [0.15, 0.2) is 17.1 Å². The Morgan fingerprint density at radius 3 is 2.84 bits per heavy atom. The highest BCUT2D eigenvalue weighted by molar-refractivity contribution is 6.18. The molecule has 1 saturated heterocycles. The molecule has 1 aliphatic heterocycles. The topological polar surface area (TPSA) is 111 Å². The molecule has 0 amide bonds. The molecule has 1 aromatic heterocycles. The molecule has 106 valence electrons. The summed E-state index contributed by atoms with van der Waals surface area (Å²) in [6.45, 7) is -0.675. The monoisotopic (exact) mass is 293 g/mol. The van der Waals surface area contributed by atoms with Crippen LogP contribution in [-0.4, -0.2) is 50.1 Å². The molecule has 7 nitrogen and oxygen atoms in total. The van der Waals surface area contributed by atoms with E-state index in [1.54, 1.807) is 0 Å². The fraction of sp³-hybridized carbons (Fsp3) is 0.600. The minimum absolute atomic E-state index is 0.0130. The summed E-state index contributed by atoms with van der Waals surface area (Å²) >= 11 is 5.61. The predicted molar refractivity (Wildman–Crippen MR) is 64.5 cm³/mol. The number of anilines is 1. The zero-order valence-corrected chi connectivity index (χ0v) is 10.5. The molecule has 1 fully saturated rings. The Kier molecular flexibility index (Phi) is 3.77. The minimum atomic E-state index is -1.92. The summed E-state index contributed by atoms with van der Waals surface area (Å²) in [6, 6.07) is 1.30. The number of nitrogens with two attached hydrogens (primary N) is 1. The fourth-order valence-electron chi connectivity index (χ4n) is 1.93. The van der Waals surface area contributed by atoms with Crippen LogP contribution in [0.1, 0.15) is 6.23 Å². The van der Waals surface area contributed by atoms with Crippen LogP contribution in [0.4, 0.5) is 10.2 Å². The second kappa shape index (κ2) is 5.04. The maximum Gasteiger partial charge on any atom is 0.351 e. The average Bonchev–Trinajstić information content (AvgIpc) is 2.64. The summed E-state index contributed by atoms with van der Waals surface area (Å²) in [6.07, 6.45) is -3.78. The zero-order chi connectivity index (χ0) is 14.2. The number of aromatic nitrogens is 2. The molecule has 0 aliphatic carbocycles. The Morgan fingerprint density at radius 1 is 1.68 bits per heavy atom. The smallest absolute Gasteiger partial charge is 0.351 e. The van der Waals surface area contributed by atoms with E-state index in [9.17, 15) is 19.4 Å². The van der Waals surface area contributed by atoms with Crippen molar-refractivity contribution >= 4 is 17.4 Å². The van der Waals surface area contributed by atoms with Crippen LogP contribution < -0.4 is 11.4 Å². The largest absolute Gasteiger partial charge is 0.393 e. The second-order valence-electron chi connectivity index (χ2n) is 4.30. The van der Waals surface area contributed by atoms with E-state index in [2.05, 4.69) is 4.98 Å². The van der Waals surface area contributed by atoms with E-state index in [1.165, 1.54) is 12.3 Å². The predicted octanol–water partition coefficient (Wildman–Crippen LogP) is -0.977. The molecule has 0 spiro atoms. The number of rotatable bonds is 3. The highest BCUT2D eigenvalue weighted by atomic mass is 35.5. The molecule has 2 rings (SSSR count). The first-order valence-corrected chi connectivity index (χ1v) is 6.00. The lowest BCUT2D eigenvalue weighted by molar-refractivity contribution is -0.115. The van der Waals surface area contributed by atoms with E-state index < -0.39 is 36.4 Å². The Bertz CT molecular complexity index is 522. The number of nitrogens with zero attached hydrogens (tertiary/aromatic N) is 2. The van der Waals surface area contributed by atoms with Crippen LogP contribution in [0.2, 0.25) is 0 Å². The third kappa shape index (κ3) is 2.20. The molecule has 0 radical (unpaired) electrons. The van der Waals surface area contributed by atoms with Gasteiger partial charge in [-0.05, 0) is 6.07 Å². The van der Waals surface area contributed by atoms with Crippen molar-refractivity contribution in [2.24, 2.45) is 0 Å². The fourth-order valence-corrected chi connectivity index (χ4v) is 2.24. The van der Waals surface area contributed by atoms with Crippen molar-refractivity contribution in [3.05, 3.63) is 22.7 Å². The van der Waals surface area contributed by atoms with E-state index in [0.29, 0.717) is 0 Å². The van der Waals surface area contributed by atoms with Gasteiger partial charge in [0, 0.05) is 6.20 Å². The highest BCUT2D eigenvalue weighted by Gasteiger charge is 2.55. The van der Waals surface area contributed by atoms with Gasteiger partial charge in [-0.3, -0.25) is 4.57 Å². The van der Waals surface area contributed by atoms with E-state index in [4.69, 9.17) is 22.1 Å². The van der Waals surface area contributed by atoms with Crippen molar-refractivity contribution < 1.29 is 19.3 Å². The summed E-state index contributed by atoms with van der Waals surface area (Å²) in [5, 5.41) is 19.0. The van der Waals surface area contributed by atoms with Gasteiger partial charge in [0.2, 0.25) is 0 Å². The third-order valence-corrected chi connectivity index (χ3v) is 3.54. The van der Waals surface area contributed by atoms with Crippen LogP contribution in [0, 0.1) is 0 Å². The van der Waals surface area contributed by atoms with Gasteiger partial charge in [0.05, 0.1) is 12.5 Å². The molecule has 9 heteroatoms. The number of nitrogen functional groups attached to an aromatic ring is 1. The molecule has 1 unspecified atom stereocenters. The van der Waals surface area contributed by atoms with Gasteiger partial charge in [0.25, 0.3) is 0 Å². The Hall–Kier alpha value is -1.22. The zero-order valence-electron chi connectivity index (χ0n) is 9.74. The van der Waals surface area contributed by atoms with E-state index >= 15 is 0 Å². The van der Waals surface area contributed by atoms with Crippen LogP contribution in [0.3, 0.4) is 0 Å². The molecule has 1 aliphatic rings. The van der Waals surface area contributed by atoms with E-state index in [-0.39, 0.29) is 11.7 Å². The Balaban J connectivity index is 2.39. The van der Waals surface area contributed by atoms with Crippen LogP contribution in [0.5, 0.6) is 0 Å². The molecule has 0 bridgehead atoms. The molecule has 19 heavy (non-hydrogen) atoms. The van der Waals surface area contributed by atoms with Gasteiger partial charge < -0.3 is 20.7 Å². The average molecular weight is 294 g/mol. The maximum atomic E-state index is 14.1. The third-order valence-electron chi connectivity index (χ3n) is 3.09. The van der Waals surface area contributed by atoms with Gasteiger partial charge in [-0.1, -0.05) is 0 Å². The standard InChI is InChI=1S/C10H13ClFN3O4/c11-3-10(4-16)7(17)6(12)8(19-10)15-2-1-5(13)14-9(15)18/h1-2,6-8,16-17H,3-4H2,(H2,13,14,18)/t6-,7?,8-,10-/m1/s1. The highest BCUT2D eigenvalue weighted by Crippen LogP contribution is 2.39. The summed E-state index contributed by atoms with van der Waals surface area (Å²) in [5.41, 5.74) is 2.86. The summed E-state index contributed by atoms with van der Waals surface area (Å²) in [4.78, 5) is 15.1. The van der Waals surface area contributed by atoms with E-state index in [1.807, 2.05) is 0 Å². The van der Waals surface area contributed by atoms with Gasteiger partial charge >= 0.3 is 5.69 Å². The number of aliphatic hydroxyl groups excluding tert-OH is 2. The molecular weight excluding hydrogens is 281 g/mol. The molecule has 1 aromatic rings. The van der Waals surface area contributed by atoms with Crippen LogP contribution >= 0.6 is 11.6 Å². The minimum Gasteiger partial charge on any atom is -0.393 e. The number of ether oxygens (including phenoxy) is 1. The normalized spacial score (nSPS) is 34.6. The first kappa shape index (κ1) is 14.2. The maximum absolute atomic E-state index is 14.1. The van der Waals surface area contributed by atoms with Crippen LogP contribution in [0.25, 0.3) is 0 Å². The number of hydrogen-bond acceptors (Lipinski definition) is 6. The van der Waals surface area contributed by atoms with Crippen molar-refractivity contribution in [2.75, 3.05) is 18.2 Å². The lowest BCUT2D eigenvalue weighted by Gasteiger charge is -2.26. The van der Waals surface area contributed by atoms with Gasteiger partial charge in [0.15, 0.2) is 12.4 Å². The van der Waals surface area contributed by atoms with Crippen molar-refractivity contribution in [3.63, 3.8) is 0 Å². The Labute approximate surface area is 112 Å². The summed E-state index contributed by atoms with van der Waals surface area (Å²) in [5.74, 6) is -0.334. The lowest BCUT2D eigenvalue weighted by atomic mass is 9.99. The van der Waals surface area contributed by atoms with Crippen LogP contribution in [-0.2, 0) is 4.74 Å². The van der Waals surface area contributed by atoms with Crippen molar-refractivity contribution in [2.45, 2.75) is 24.1 Å². The molecule has 4 N–H and O–H groups in total. The quantitative estimate of drug-likeness (QED) is 0.618. The van der Waals surface area contributed by atoms with Crippen molar-refractivity contribution in [3.8, 4) is 0 Å². The molecular formula is C10H13ClFN3O4. The molecule has 0 saturated carbocycles. The number of alkyl halides is 2. The number of aliphatic hydroxyl groups is 2. The summed E-state index contributed by atoms with van der Waals surface area (Å²) < 4.78 is 20.2. The van der Waals surface area contributed by atoms with Gasteiger partial charge in [0.1, 0.15) is 17.5 Å².